The van der Waals surface area contributed by atoms with Crippen LogP contribution < -0.4 is 5.32 Å². The average Bonchev–Trinajstić information content (AvgIpc) is 2.68. The summed E-state index contributed by atoms with van der Waals surface area (Å²) in [6.07, 6.45) is 0.926. The second-order valence-electron chi connectivity index (χ2n) is 6.91. The van der Waals surface area contributed by atoms with E-state index < -0.39 is 6.04 Å². The van der Waals surface area contributed by atoms with Crippen molar-refractivity contribution in [1.29, 1.82) is 0 Å². The Kier molecular flexibility index (Phi) is 8.34. The molecule has 0 fully saturated rings. The highest BCUT2D eigenvalue weighted by Gasteiger charge is 2.27. The second kappa shape index (κ2) is 10.5. The number of rotatable bonds is 8. The van der Waals surface area contributed by atoms with Crippen LogP contribution in [0.25, 0.3) is 0 Å². The lowest BCUT2D eigenvalue weighted by Gasteiger charge is -2.30. The van der Waals surface area contributed by atoms with Crippen molar-refractivity contribution in [2.75, 3.05) is 0 Å². The fraction of sp³-hybridized carbons (Fsp3) is 0.364. The van der Waals surface area contributed by atoms with Gasteiger partial charge in [0.15, 0.2) is 0 Å². The van der Waals surface area contributed by atoms with E-state index in [9.17, 15) is 9.59 Å². The van der Waals surface area contributed by atoms with Crippen LogP contribution in [0.15, 0.2) is 48.5 Å². The maximum atomic E-state index is 13.1. The van der Waals surface area contributed by atoms with Gasteiger partial charge in [0.1, 0.15) is 6.04 Å². The molecule has 2 aromatic carbocycles. The van der Waals surface area contributed by atoms with Crippen molar-refractivity contribution in [2.45, 2.75) is 52.2 Å². The predicted octanol–water partition coefficient (Wildman–Crippen LogP) is 4.87. The van der Waals surface area contributed by atoms with Crippen molar-refractivity contribution in [3.63, 3.8) is 0 Å². The van der Waals surface area contributed by atoms with Crippen LogP contribution in [0, 0.1) is 0 Å². The van der Waals surface area contributed by atoms with Crippen molar-refractivity contribution in [2.24, 2.45) is 0 Å². The molecule has 2 rings (SSSR count). The molecule has 150 valence electrons. The molecule has 28 heavy (non-hydrogen) atoms. The molecule has 0 unspecified atom stereocenters. The first-order chi connectivity index (χ1) is 13.3. The molecule has 0 aromatic heterocycles. The SMILES string of the molecule is CC[C@H](C)NC(=O)[C@H](C)N(Cc1ccccc1)C(=O)Cc1ccc(Cl)cc1Cl. The zero-order valence-corrected chi connectivity index (χ0v) is 17.9. The highest BCUT2D eigenvalue weighted by Crippen LogP contribution is 2.22. The highest BCUT2D eigenvalue weighted by molar-refractivity contribution is 6.35. The van der Waals surface area contributed by atoms with Gasteiger partial charge in [-0.1, -0.05) is 66.5 Å². The van der Waals surface area contributed by atoms with E-state index >= 15 is 0 Å². The molecule has 0 heterocycles. The van der Waals surface area contributed by atoms with Crippen LogP contribution in [-0.4, -0.2) is 28.8 Å². The summed E-state index contributed by atoms with van der Waals surface area (Å²) in [5.41, 5.74) is 1.64. The van der Waals surface area contributed by atoms with Crippen LogP contribution in [0.2, 0.25) is 10.0 Å². The Morgan fingerprint density at radius 2 is 1.75 bits per heavy atom. The van der Waals surface area contributed by atoms with Crippen LogP contribution in [-0.2, 0) is 22.6 Å². The van der Waals surface area contributed by atoms with Crippen LogP contribution in [0.5, 0.6) is 0 Å². The monoisotopic (exact) mass is 420 g/mol. The van der Waals surface area contributed by atoms with Gasteiger partial charge in [-0.25, -0.2) is 0 Å². The van der Waals surface area contributed by atoms with E-state index in [2.05, 4.69) is 5.32 Å². The van der Waals surface area contributed by atoms with E-state index in [-0.39, 0.29) is 24.3 Å². The van der Waals surface area contributed by atoms with Crippen LogP contribution >= 0.6 is 23.2 Å². The van der Waals surface area contributed by atoms with Gasteiger partial charge in [-0.2, -0.15) is 0 Å². The van der Waals surface area contributed by atoms with Gasteiger partial charge in [0.2, 0.25) is 11.8 Å². The van der Waals surface area contributed by atoms with E-state index in [1.807, 2.05) is 44.2 Å². The molecule has 0 saturated heterocycles. The minimum Gasteiger partial charge on any atom is -0.352 e. The summed E-state index contributed by atoms with van der Waals surface area (Å²) in [4.78, 5) is 27.4. The number of nitrogens with one attached hydrogen (secondary N) is 1. The Hall–Kier alpha value is -2.04. The molecule has 4 nitrogen and oxygen atoms in total. The maximum absolute atomic E-state index is 13.1. The Labute approximate surface area is 176 Å². The lowest BCUT2D eigenvalue weighted by Crippen LogP contribution is -2.49. The van der Waals surface area contributed by atoms with Crippen LogP contribution in [0.1, 0.15) is 38.3 Å². The minimum atomic E-state index is -0.604. The molecule has 6 heteroatoms. The second-order valence-corrected chi connectivity index (χ2v) is 7.76. The summed E-state index contributed by atoms with van der Waals surface area (Å²) in [7, 11) is 0. The summed E-state index contributed by atoms with van der Waals surface area (Å²) in [6.45, 7) is 6.05. The number of carbonyl (C=O) groups is 2. The summed E-state index contributed by atoms with van der Waals surface area (Å²) in [5.74, 6) is -0.333. The number of benzene rings is 2. The standard InChI is InChI=1S/C22H26Cl2N2O2/c1-4-15(2)25-22(28)16(3)26(14-17-8-6-5-7-9-17)21(27)12-18-10-11-19(23)13-20(18)24/h5-11,13,15-16H,4,12,14H2,1-3H3,(H,25,28)/t15-,16-/m0/s1. The molecule has 0 aliphatic heterocycles. The Bertz CT molecular complexity index is 811. The lowest BCUT2D eigenvalue weighted by molar-refractivity contribution is -0.140. The van der Waals surface area contributed by atoms with E-state index in [0.29, 0.717) is 22.2 Å². The first-order valence-corrected chi connectivity index (χ1v) is 10.1. The van der Waals surface area contributed by atoms with Gasteiger partial charge in [-0.3, -0.25) is 9.59 Å². The average molecular weight is 421 g/mol. The smallest absolute Gasteiger partial charge is 0.242 e. The number of hydrogen-bond donors (Lipinski definition) is 1. The predicted molar refractivity (Wildman–Crippen MR) is 115 cm³/mol. The molecule has 2 atom stereocenters. The lowest BCUT2D eigenvalue weighted by atomic mass is 10.1. The molecule has 0 bridgehead atoms. The third kappa shape index (κ3) is 6.25. The van der Waals surface area contributed by atoms with Gasteiger partial charge in [0.05, 0.1) is 6.42 Å². The van der Waals surface area contributed by atoms with Gasteiger partial charge in [-0.05, 0) is 43.5 Å². The van der Waals surface area contributed by atoms with E-state index in [0.717, 1.165) is 12.0 Å². The number of amides is 2. The van der Waals surface area contributed by atoms with Crippen LogP contribution in [0.4, 0.5) is 0 Å². The van der Waals surface area contributed by atoms with Crippen molar-refractivity contribution < 1.29 is 9.59 Å². The topological polar surface area (TPSA) is 49.4 Å². The third-order valence-electron chi connectivity index (χ3n) is 4.72. The first kappa shape index (κ1) is 22.3. The molecule has 2 aromatic rings. The van der Waals surface area contributed by atoms with Gasteiger partial charge in [-0.15, -0.1) is 0 Å². The van der Waals surface area contributed by atoms with Crippen molar-refractivity contribution in [1.82, 2.24) is 10.2 Å². The first-order valence-electron chi connectivity index (χ1n) is 9.39. The zero-order chi connectivity index (χ0) is 20.7. The molecule has 2 amide bonds. The summed E-state index contributed by atoms with van der Waals surface area (Å²) in [6, 6.07) is 14.1. The van der Waals surface area contributed by atoms with Crippen molar-refractivity contribution in [3.8, 4) is 0 Å². The Morgan fingerprint density at radius 1 is 1.07 bits per heavy atom. The number of carbonyl (C=O) groups excluding carboxylic acids is 2. The van der Waals surface area contributed by atoms with Gasteiger partial charge in [0.25, 0.3) is 0 Å². The summed E-state index contributed by atoms with van der Waals surface area (Å²) < 4.78 is 0. The van der Waals surface area contributed by atoms with E-state index in [1.54, 1.807) is 30.0 Å². The fourth-order valence-corrected chi connectivity index (χ4v) is 3.23. The zero-order valence-electron chi connectivity index (χ0n) is 16.4. The molecular formula is C22H26Cl2N2O2. The van der Waals surface area contributed by atoms with Crippen LogP contribution in [0.3, 0.4) is 0 Å². The van der Waals surface area contributed by atoms with E-state index in [4.69, 9.17) is 23.2 Å². The highest BCUT2D eigenvalue weighted by atomic mass is 35.5. The summed E-state index contributed by atoms with van der Waals surface area (Å²) in [5, 5.41) is 3.92. The Morgan fingerprint density at radius 3 is 2.36 bits per heavy atom. The molecule has 0 saturated carbocycles. The Balaban J connectivity index is 2.23. The third-order valence-corrected chi connectivity index (χ3v) is 5.31. The molecule has 0 aliphatic carbocycles. The molecule has 0 radical (unpaired) electrons. The molecule has 0 spiro atoms. The molecule has 1 N–H and O–H groups in total. The summed E-state index contributed by atoms with van der Waals surface area (Å²) >= 11 is 12.2. The number of hydrogen-bond acceptors (Lipinski definition) is 2. The molecule has 0 aliphatic rings. The van der Waals surface area contributed by atoms with Crippen molar-refractivity contribution >= 4 is 35.0 Å². The van der Waals surface area contributed by atoms with E-state index in [1.165, 1.54) is 0 Å². The number of halogens is 2. The minimum absolute atomic E-state index is 0.0503. The number of nitrogens with zero attached hydrogens (tertiary/aromatic N) is 1. The fourth-order valence-electron chi connectivity index (χ4n) is 2.76. The normalized spacial score (nSPS) is 12.9. The largest absolute Gasteiger partial charge is 0.352 e. The van der Waals surface area contributed by atoms with Gasteiger partial charge in [0, 0.05) is 22.6 Å². The van der Waals surface area contributed by atoms with Crippen molar-refractivity contribution in [3.05, 3.63) is 69.7 Å². The van der Waals surface area contributed by atoms with Gasteiger partial charge < -0.3 is 10.2 Å². The molecular weight excluding hydrogens is 395 g/mol. The quantitative estimate of drug-likeness (QED) is 0.661. The van der Waals surface area contributed by atoms with Gasteiger partial charge >= 0.3 is 0 Å². The maximum Gasteiger partial charge on any atom is 0.242 e.